The van der Waals surface area contributed by atoms with E-state index in [9.17, 15) is 26.0 Å². The highest BCUT2D eigenvalue weighted by Gasteiger charge is 2.37. The minimum Gasteiger partial charge on any atom is -0.496 e. The molecule has 1 aromatic heterocycles. The topological polar surface area (TPSA) is 75.6 Å². The Kier molecular flexibility index (Phi) is 6.45. The number of hydrogen-bond acceptors (Lipinski definition) is 6. The van der Waals surface area contributed by atoms with Crippen molar-refractivity contribution in [2.45, 2.75) is 11.1 Å². The molecule has 2 heterocycles. The zero-order valence-corrected chi connectivity index (χ0v) is 18.8. The minimum absolute atomic E-state index is 0.0248. The lowest BCUT2D eigenvalue weighted by Crippen LogP contribution is -2.49. The molecule has 1 aliphatic rings. The Morgan fingerprint density at radius 2 is 1.65 bits per heavy atom. The third-order valence-corrected chi connectivity index (χ3v) is 7.37. The third-order valence-electron chi connectivity index (χ3n) is 5.48. The molecule has 0 atom stereocenters. The van der Waals surface area contributed by atoms with Crippen LogP contribution in [0, 0.1) is 5.82 Å². The predicted octanol–water partition coefficient (Wildman–Crippen LogP) is 3.82. The second-order valence-corrected chi connectivity index (χ2v) is 9.45. The van der Waals surface area contributed by atoms with E-state index in [1.807, 2.05) is 29.2 Å². The summed E-state index contributed by atoms with van der Waals surface area (Å²) in [6.45, 7) is 0.568. The van der Waals surface area contributed by atoms with Crippen molar-refractivity contribution in [2.75, 3.05) is 38.2 Å². The zero-order valence-electron chi connectivity index (χ0n) is 18.0. The molecule has 3 aromatic rings. The average molecular weight is 496 g/mol. The third kappa shape index (κ3) is 4.68. The molecule has 2 aromatic carbocycles. The van der Waals surface area contributed by atoms with E-state index in [1.165, 1.54) is 0 Å². The van der Waals surface area contributed by atoms with E-state index in [0.717, 1.165) is 15.9 Å². The number of ether oxygens (including phenoxy) is 1. The van der Waals surface area contributed by atoms with Gasteiger partial charge in [-0.2, -0.15) is 17.5 Å². The van der Waals surface area contributed by atoms with E-state index in [1.54, 1.807) is 19.2 Å². The van der Waals surface area contributed by atoms with Crippen molar-refractivity contribution in [3.8, 4) is 17.0 Å². The molecule has 0 amide bonds. The van der Waals surface area contributed by atoms with Crippen LogP contribution >= 0.6 is 0 Å². The first kappa shape index (κ1) is 23.9. The van der Waals surface area contributed by atoms with Crippen molar-refractivity contribution in [3.05, 3.63) is 66.0 Å². The van der Waals surface area contributed by atoms with Crippen LogP contribution in [0.2, 0.25) is 0 Å². The molecule has 0 saturated carbocycles. The summed E-state index contributed by atoms with van der Waals surface area (Å²) in [7, 11) is -2.67. The summed E-state index contributed by atoms with van der Waals surface area (Å²) in [5, 5.41) is 8.48. The molecule has 1 aliphatic heterocycles. The Bertz CT molecular complexity index is 1280. The van der Waals surface area contributed by atoms with Gasteiger partial charge in [-0.25, -0.2) is 12.8 Å². The van der Waals surface area contributed by atoms with E-state index >= 15 is 0 Å². The molecule has 0 spiro atoms. The number of nitrogens with zero attached hydrogens (tertiary/aromatic N) is 4. The highest BCUT2D eigenvalue weighted by Crippen LogP contribution is 2.34. The van der Waals surface area contributed by atoms with Gasteiger partial charge in [0.05, 0.1) is 23.3 Å². The molecule has 34 heavy (non-hydrogen) atoms. The maximum absolute atomic E-state index is 13.6. The van der Waals surface area contributed by atoms with Gasteiger partial charge in [0, 0.05) is 31.7 Å². The Morgan fingerprint density at radius 1 is 0.941 bits per heavy atom. The normalized spacial score (nSPS) is 15.4. The zero-order chi connectivity index (χ0) is 24.5. The standard InChI is InChI=1S/C22H20F4N4O3S/c1-33-20-5-3-2-4-16(20)19-8-9-21(28-27-19)29-10-12-30(13-11-29)34(31,32)15-6-7-18(23)17(14-15)22(24,25)26/h2-9,14H,10-13H2,1H3. The predicted molar refractivity (Wildman–Crippen MR) is 116 cm³/mol. The largest absolute Gasteiger partial charge is 0.496 e. The van der Waals surface area contributed by atoms with E-state index < -0.39 is 32.5 Å². The molecular weight excluding hydrogens is 476 g/mol. The fourth-order valence-electron chi connectivity index (χ4n) is 3.68. The quantitative estimate of drug-likeness (QED) is 0.500. The maximum Gasteiger partial charge on any atom is 0.419 e. The lowest BCUT2D eigenvalue weighted by Gasteiger charge is -2.34. The number of sulfonamides is 1. The van der Waals surface area contributed by atoms with Gasteiger partial charge in [0.25, 0.3) is 0 Å². The molecule has 0 N–H and O–H groups in total. The molecule has 180 valence electrons. The van der Waals surface area contributed by atoms with Gasteiger partial charge >= 0.3 is 6.18 Å². The van der Waals surface area contributed by atoms with Crippen LogP contribution in [0.4, 0.5) is 23.4 Å². The number of anilines is 1. The lowest BCUT2D eigenvalue weighted by molar-refractivity contribution is -0.140. The second kappa shape index (κ2) is 9.18. The molecule has 0 aliphatic carbocycles. The van der Waals surface area contributed by atoms with Crippen LogP contribution in [0.15, 0.2) is 59.5 Å². The molecular formula is C22H20F4N4O3S. The second-order valence-electron chi connectivity index (χ2n) is 7.51. The number of hydrogen-bond donors (Lipinski definition) is 0. The Balaban J connectivity index is 1.47. The summed E-state index contributed by atoms with van der Waals surface area (Å²) in [5.41, 5.74) is -0.227. The van der Waals surface area contributed by atoms with Crippen LogP contribution in [-0.2, 0) is 16.2 Å². The monoisotopic (exact) mass is 496 g/mol. The van der Waals surface area contributed by atoms with Crippen molar-refractivity contribution in [1.29, 1.82) is 0 Å². The SMILES string of the molecule is COc1ccccc1-c1ccc(N2CCN(S(=O)(=O)c3ccc(F)c(C(F)(F)F)c3)CC2)nn1. The van der Waals surface area contributed by atoms with Gasteiger partial charge < -0.3 is 9.64 Å². The first-order valence-electron chi connectivity index (χ1n) is 10.2. The summed E-state index contributed by atoms with van der Waals surface area (Å²) in [4.78, 5) is 1.23. The van der Waals surface area contributed by atoms with Gasteiger partial charge in [-0.05, 0) is 42.5 Å². The Morgan fingerprint density at radius 3 is 2.26 bits per heavy atom. The number of para-hydroxylation sites is 1. The van der Waals surface area contributed by atoms with Crippen LogP contribution in [-0.4, -0.2) is 56.2 Å². The van der Waals surface area contributed by atoms with Crippen LogP contribution < -0.4 is 9.64 Å². The van der Waals surface area contributed by atoms with Crippen LogP contribution in [0.25, 0.3) is 11.3 Å². The highest BCUT2D eigenvalue weighted by molar-refractivity contribution is 7.89. The van der Waals surface area contributed by atoms with Crippen molar-refractivity contribution >= 4 is 15.8 Å². The van der Waals surface area contributed by atoms with Gasteiger partial charge in [0.2, 0.25) is 10.0 Å². The maximum atomic E-state index is 13.6. The van der Waals surface area contributed by atoms with Crippen LogP contribution in [0.5, 0.6) is 5.75 Å². The number of alkyl halides is 3. The molecule has 0 bridgehead atoms. The summed E-state index contributed by atoms with van der Waals surface area (Å²) in [6.07, 6.45) is -5.00. The van der Waals surface area contributed by atoms with Crippen LogP contribution in [0.3, 0.4) is 0 Å². The number of halogens is 4. The summed E-state index contributed by atoms with van der Waals surface area (Å²) in [5.74, 6) is -0.332. The van der Waals surface area contributed by atoms with Crippen molar-refractivity contribution in [1.82, 2.24) is 14.5 Å². The lowest BCUT2D eigenvalue weighted by atomic mass is 10.1. The van der Waals surface area contributed by atoms with Crippen molar-refractivity contribution < 1.29 is 30.7 Å². The van der Waals surface area contributed by atoms with E-state index in [2.05, 4.69) is 10.2 Å². The van der Waals surface area contributed by atoms with Crippen molar-refractivity contribution in [3.63, 3.8) is 0 Å². The Labute approximate surface area is 193 Å². The van der Waals surface area contributed by atoms with Crippen molar-refractivity contribution in [2.24, 2.45) is 0 Å². The molecule has 1 fully saturated rings. The van der Waals surface area contributed by atoms with E-state index in [4.69, 9.17) is 4.74 Å². The molecule has 12 heteroatoms. The fourth-order valence-corrected chi connectivity index (χ4v) is 5.13. The van der Waals surface area contributed by atoms with Gasteiger partial charge in [0.15, 0.2) is 5.82 Å². The molecule has 0 unspecified atom stereocenters. The summed E-state index contributed by atoms with van der Waals surface area (Å²) < 4.78 is 84.7. The first-order valence-corrected chi connectivity index (χ1v) is 11.6. The van der Waals surface area contributed by atoms with Gasteiger partial charge in [-0.1, -0.05) is 12.1 Å². The number of methoxy groups -OCH3 is 1. The van der Waals surface area contributed by atoms with Gasteiger partial charge in [0.1, 0.15) is 11.6 Å². The molecule has 4 rings (SSSR count). The first-order chi connectivity index (χ1) is 16.1. The molecule has 0 radical (unpaired) electrons. The van der Waals surface area contributed by atoms with Gasteiger partial charge in [-0.15, -0.1) is 10.2 Å². The number of benzene rings is 2. The molecule has 7 nitrogen and oxygen atoms in total. The Hall–Kier alpha value is -3.25. The summed E-state index contributed by atoms with van der Waals surface area (Å²) >= 11 is 0. The minimum atomic E-state index is -5.00. The number of piperazine rings is 1. The smallest absolute Gasteiger partial charge is 0.419 e. The average Bonchev–Trinajstić information content (AvgIpc) is 2.83. The number of rotatable bonds is 5. The van der Waals surface area contributed by atoms with E-state index in [-0.39, 0.29) is 26.2 Å². The highest BCUT2D eigenvalue weighted by atomic mass is 32.2. The van der Waals surface area contributed by atoms with Gasteiger partial charge in [-0.3, -0.25) is 0 Å². The van der Waals surface area contributed by atoms with Crippen LogP contribution in [0.1, 0.15) is 5.56 Å². The summed E-state index contributed by atoms with van der Waals surface area (Å²) in [6, 6.07) is 12.6. The number of aromatic nitrogens is 2. The fraction of sp³-hybridized carbons (Fsp3) is 0.273. The van der Waals surface area contributed by atoms with E-state index in [0.29, 0.717) is 29.4 Å². The molecule has 1 saturated heterocycles.